The predicted octanol–water partition coefficient (Wildman–Crippen LogP) is 2.66. The molecule has 0 aromatic carbocycles. The van der Waals surface area contributed by atoms with Crippen LogP contribution in [-0.2, 0) is 4.79 Å². The zero-order valence-electron chi connectivity index (χ0n) is 6.41. The van der Waals surface area contributed by atoms with Crippen LogP contribution in [0.5, 0.6) is 0 Å². The maximum Gasteiger partial charge on any atom is 0.123 e. The van der Waals surface area contributed by atoms with Gasteiger partial charge in [-0.25, -0.2) is 0 Å². The van der Waals surface area contributed by atoms with E-state index in [4.69, 9.17) is 0 Å². The number of allylic oxidation sites excluding steroid dienone is 1. The second-order valence-electron chi connectivity index (χ2n) is 2.25. The average Bonchev–Trinajstić information content (AvgIpc) is 2.37. The molecular weight excluding hydrogens is 156 g/mol. The molecule has 1 nitrogen and oxygen atoms in total. The Bertz CT molecular complexity index is 260. The van der Waals surface area contributed by atoms with Gasteiger partial charge in [0.05, 0.1) is 0 Å². The normalized spacial score (nSPS) is 10.6. The minimum atomic E-state index is 0.511. The molecule has 0 unspecified atom stereocenters. The standard InChI is InChI=1S/C9H10OS/c1-8-5-6-9(11-8)4-2-3-7-10/h2,4-7H,3H2,1H3. The number of hydrogen-bond donors (Lipinski definition) is 0. The van der Waals surface area contributed by atoms with Gasteiger partial charge in [0.25, 0.3) is 0 Å². The topological polar surface area (TPSA) is 17.1 Å². The fourth-order valence-corrected chi connectivity index (χ4v) is 1.59. The van der Waals surface area contributed by atoms with Gasteiger partial charge in [-0.3, -0.25) is 0 Å². The van der Waals surface area contributed by atoms with Crippen molar-refractivity contribution in [2.75, 3.05) is 0 Å². The van der Waals surface area contributed by atoms with Crippen molar-refractivity contribution in [3.05, 3.63) is 28.0 Å². The second-order valence-corrected chi connectivity index (χ2v) is 3.57. The Morgan fingerprint density at radius 3 is 2.91 bits per heavy atom. The zero-order chi connectivity index (χ0) is 8.10. The molecule has 58 valence electrons. The van der Waals surface area contributed by atoms with Gasteiger partial charge in [0.1, 0.15) is 6.29 Å². The van der Waals surface area contributed by atoms with Crippen LogP contribution in [0, 0.1) is 6.92 Å². The van der Waals surface area contributed by atoms with Gasteiger partial charge in [-0.2, -0.15) is 0 Å². The first-order valence-corrected chi connectivity index (χ1v) is 4.31. The number of aldehydes is 1. The van der Waals surface area contributed by atoms with Gasteiger partial charge in [0.15, 0.2) is 0 Å². The molecule has 0 bridgehead atoms. The highest BCUT2D eigenvalue weighted by Gasteiger charge is 1.89. The highest BCUT2D eigenvalue weighted by atomic mass is 32.1. The summed E-state index contributed by atoms with van der Waals surface area (Å²) in [5, 5.41) is 0. The first kappa shape index (κ1) is 8.21. The van der Waals surface area contributed by atoms with E-state index in [9.17, 15) is 4.79 Å². The number of carbonyl (C=O) groups excluding carboxylic acids is 1. The van der Waals surface area contributed by atoms with Crippen LogP contribution >= 0.6 is 11.3 Å². The molecule has 0 aliphatic heterocycles. The van der Waals surface area contributed by atoms with Crippen LogP contribution in [0.4, 0.5) is 0 Å². The van der Waals surface area contributed by atoms with Crippen molar-refractivity contribution in [3.63, 3.8) is 0 Å². The van der Waals surface area contributed by atoms with Crippen LogP contribution in [0.2, 0.25) is 0 Å². The van der Waals surface area contributed by atoms with Crippen molar-refractivity contribution in [2.45, 2.75) is 13.3 Å². The number of thiophene rings is 1. The summed E-state index contributed by atoms with van der Waals surface area (Å²) in [5.41, 5.74) is 0. The Morgan fingerprint density at radius 2 is 2.36 bits per heavy atom. The maximum absolute atomic E-state index is 9.95. The Hall–Kier alpha value is -0.890. The lowest BCUT2D eigenvalue weighted by Gasteiger charge is -1.80. The van der Waals surface area contributed by atoms with E-state index in [0.29, 0.717) is 6.42 Å². The van der Waals surface area contributed by atoms with E-state index in [-0.39, 0.29) is 0 Å². The molecule has 1 heterocycles. The summed E-state index contributed by atoms with van der Waals surface area (Å²) < 4.78 is 0. The third kappa shape index (κ3) is 2.68. The zero-order valence-corrected chi connectivity index (χ0v) is 7.23. The minimum absolute atomic E-state index is 0.511. The molecule has 1 aromatic rings. The lowest BCUT2D eigenvalue weighted by Crippen LogP contribution is -1.64. The lowest BCUT2D eigenvalue weighted by atomic mass is 10.3. The molecule has 0 fully saturated rings. The molecule has 0 atom stereocenters. The largest absolute Gasteiger partial charge is 0.303 e. The number of carbonyl (C=O) groups is 1. The molecular formula is C9H10OS. The van der Waals surface area contributed by atoms with Crippen molar-refractivity contribution in [1.29, 1.82) is 0 Å². The second kappa shape index (κ2) is 4.09. The molecule has 0 radical (unpaired) electrons. The molecule has 1 aromatic heterocycles. The van der Waals surface area contributed by atoms with Crippen LogP contribution in [0.25, 0.3) is 6.08 Å². The first-order chi connectivity index (χ1) is 5.33. The minimum Gasteiger partial charge on any atom is -0.303 e. The van der Waals surface area contributed by atoms with Crippen LogP contribution in [0.3, 0.4) is 0 Å². The first-order valence-electron chi connectivity index (χ1n) is 3.49. The quantitative estimate of drug-likeness (QED) is 0.631. The van der Waals surface area contributed by atoms with Crippen LogP contribution in [-0.4, -0.2) is 6.29 Å². The van der Waals surface area contributed by atoms with E-state index < -0.39 is 0 Å². The molecule has 0 aliphatic rings. The van der Waals surface area contributed by atoms with E-state index in [1.165, 1.54) is 9.75 Å². The summed E-state index contributed by atoms with van der Waals surface area (Å²) in [6, 6.07) is 4.13. The molecule has 0 saturated carbocycles. The number of hydrogen-bond acceptors (Lipinski definition) is 2. The summed E-state index contributed by atoms with van der Waals surface area (Å²) in [6.45, 7) is 2.07. The van der Waals surface area contributed by atoms with Gasteiger partial charge >= 0.3 is 0 Å². The molecule has 0 saturated heterocycles. The monoisotopic (exact) mass is 166 g/mol. The van der Waals surface area contributed by atoms with E-state index >= 15 is 0 Å². The van der Waals surface area contributed by atoms with E-state index in [1.807, 2.05) is 12.2 Å². The SMILES string of the molecule is Cc1ccc(C=CCC=O)s1. The van der Waals surface area contributed by atoms with Crippen molar-refractivity contribution in [1.82, 2.24) is 0 Å². The van der Waals surface area contributed by atoms with Gasteiger partial charge in [0, 0.05) is 16.2 Å². The van der Waals surface area contributed by atoms with E-state index in [1.54, 1.807) is 11.3 Å². The summed E-state index contributed by atoms with van der Waals surface area (Å²) in [4.78, 5) is 12.5. The van der Waals surface area contributed by atoms with Crippen molar-refractivity contribution >= 4 is 23.7 Å². The van der Waals surface area contributed by atoms with Gasteiger partial charge in [-0.15, -0.1) is 11.3 Å². The molecule has 2 heteroatoms. The van der Waals surface area contributed by atoms with E-state index in [0.717, 1.165) is 6.29 Å². The Morgan fingerprint density at radius 1 is 1.55 bits per heavy atom. The Kier molecular flexibility index (Phi) is 3.05. The predicted molar refractivity (Wildman–Crippen MR) is 48.8 cm³/mol. The van der Waals surface area contributed by atoms with Crippen LogP contribution < -0.4 is 0 Å². The third-order valence-electron chi connectivity index (χ3n) is 1.28. The van der Waals surface area contributed by atoms with Crippen molar-refractivity contribution in [3.8, 4) is 0 Å². The van der Waals surface area contributed by atoms with Gasteiger partial charge in [-0.1, -0.05) is 6.08 Å². The fourth-order valence-electron chi connectivity index (χ4n) is 0.783. The molecule has 0 aliphatic carbocycles. The highest BCUT2D eigenvalue weighted by molar-refractivity contribution is 7.12. The van der Waals surface area contributed by atoms with Crippen LogP contribution in [0.1, 0.15) is 16.2 Å². The summed E-state index contributed by atoms with van der Waals surface area (Å²) in [7, 11) is 0. The smallest absolute Gasteiger partial charge is 0.123 e. The maximum atomic E-state index is 9.95. The van der Waals surface area contributed by atoms with Gasteiger partial charge in [0.2, 0.25) is 0 Å². The molecule has 11 heavy (non-hydrogen) atoms. The molecule has 0 spiro atoms. The average molecular weight is 166 g/mol. The lowest BCUT2D eigenvalue weighted by molar-refractivity contribution is -0.107. The summed E-state index contributed by atoms with van der Waals surface area (Å²) in [6.07, 6.45) is 5.26. The Labute approximate surface area is 70.4 Å². The molecule has 0 N–H and O–H groups in total. The van der Waals surface area contributed by atoms with Crippen molar-refractivity contribution in [2.24, 2.45) is 0 Å². The third-order valence-corrected chi connectivity index (χ3v) is 2.24. The Balaban J connectivity index is 2.56. The van der Waals surface area contributed by atoms with Gasteiger partial charge < -0.3 is 4.79 Å². The number of aryl methyl sites for hydroxylation is 1. The molecule has 0 amide bonds. The van der Waals surface area contributed by atoms with E-state index in [2.05, 4.69) is 19.1 Å². The highest BCUT2D eigenvalue weighted by Crippen LogP contribution is 2.16. The summed E-state index contributed by atoms with van der Waals surface area (Å²) >= 11 is 1.74. The molecule has 1 rings (SSSR count). The fraction of sp³-hybridized carbons (Fsp3) is 0.222. The van der Waals surface area contributed by atoms with Crippen LogP contribution in [0.15, 0.2) is 18.2 Å². The summed E-state index contributed by atoms with van der Waals surface area (Å²) in [5.74, 6) is 0. The van der Waals surface area contributed by atoms with Crippen molar-refractivity contribution < 1.29 is 4.79 Å². The number of rotatable bonds is 3. The van der Waals surface area contributed by atoms with Gasteiger partial charge in [-0.05, 0) is 25.1 Å².